The van der Waals surface area contributed by atoms with Crippen LogP contribution in [0.3, 0.4) is 0 Å². The smallest absolute Gasteiger partial charge is 0.262 e. The van der Waals surface area contributed by atoms with Crippen LogP contribution in [-0.2, 0) is 11.3 Å². The summed E-state index contributed by atoms with van der Waals surface area (Å²) in [6.07, 6.45) is 7.00. The van der Waals surface area contributed by atoms with E-state index in [0.717, 1.165) is 28.9 Å². The molecule has 164 valence electrons. The SMILES string of the molecule is O=C1COc2ccc(-c3csc(=NCc4ccccc4)n3N=C3CCCCCC3)cc2N1. The number of nitrogens with one attached hydrogen (secondary N) is 1. The Kier molecular flexibility index (Phi) is 6.16. The summed E-state index contributed by atoms with van der Waals surface area (Å²) in [5.74, 6) is 0.560. The van der Waals surface area contributed by atoms with Gasteiger partial charge in [0.2, 0.25) is 4.80 Å². The van der Waals surface area contributed by atoms with Gasteiger partial charge >= 0.3 is 0 Å². The van der Waals surface area contributed by atoms with E-state index in [0.29, 0.717) is 18.0 Å². The molecule has 0 atom stereocenters. The second-order valence-electron chi connectivity index (χ2n) is 8.15. The van der Waals surface area contributed by atoms with Gasteiger partial charge in [-0.1, -0.05) is 43.2 Å². The maximum absolute atomic E-state index is 11.8. The molecule has 0 saturated heterocycles. The molecule has 0 bridgehead atoms. The Balaban J connectivity index is 1.56. The first-order chi connectivity index (χ1) is 15.8. The average Bonchev–Trinajstić information content (AvgIpc) is 3.03. The summed E-state index contributed by atoms with van der Waals surface area (Å²) < 4.78 is 7.51. The van der Waals surface area contributed by atoms with Crippen LogP contribution in [0.4, 0.5) is 5.69 Å². The standard InChI is InChI=1S/C25H26N4O2S/c30-24-16-31-23-13-12-19(14-21(23)27-24)22-17-32-25(26-15-18-8-4-3-5-9-18)29(22)28-20-10-6-1-2-7-11-20/h3-5,8-9,12-14,17H,1-2,6-7,10-11,15-16H2,(H,27,30). The number of rotatable bonds is 4. The van der Waals surface area contributed by atoms with Crippen LogP contribution in [0, 0.1) is 0 Å². The Bertz CT molecular complexity index is 1200. The molecule has 1 aliphatic heterocycles. The maximum atomic E-state index is 11.8. The van der Waals surface area contributed by atoms with Crippen LogP contribution >= 0.6 is 11.3 Å². The second-order valence-corrected chi connectivity index (χ2v) is 8.98. The molecule has 0 spiro atoms. The van der Waals surface area contributed by atoms with Crippen molar-refractivity contribution in [1.82, 2.24) is 4.68 Å². The number of amides is 1. The van der Waals surface area contributed by atoms with Crippen molar-refractivity contribution < 1.29 is 9.53 Å². The van der Waals surface area contributed by atoms with Gasteiger partial charge in [0.05, 0.1) is 17.9 Å². The molecule has 0 radical (unpaired) electrons. The van der Waals surface area contributed by atoms with E-state index in [4.69, 9.17) is 14.8 Å². The van der Waals surface area contributed by atoms with Gasteiger partial charge in [0, 0.05) is 16.7 Å². The Morgan fingerprint density at radius 2 is 1.84 bits per heavy atom. The van der Waals surface area contributed by atoms with Gasteiger partial charge in [0.25, 0.3) is 5.91 Å². The molecule has 2 heterocycles. The lowest BCUT2D eigenvalue weighted by Crippen LogP contribution is -2.25. The van der Waals surface area contributed by atoms with E-state index in [2.05, 4.69) is 22.8 Å². The third-order valence-corrected chi connectivity index (χ3v) is 6.61. The third-order valence-electron chi connectivity index (χ3n) is 5.76. The molecule has 5 rings (SSSR count). The topological polar surface area (TPSA) is 68.0 Å². The molecule has 3 aromatic rings. The fraction of sp³-hybridized carbons (Fsp3) is 0.320. The number of hydrogen-bond acceptors (Lipinski definition) is 5. The third kappa shape index (κ3) is 4.67. The van der Waals surface area contributed by atoms with E-state index in [1.54, 1.807) is 11.3 Å². The van der Waals surface area contributed by atoms with Gasteiger partial charge < -0.3 is 10.1 Å². The lowest BCUT2D eigenvalue weighted by atomic mass is 10.1. The van der Waals surface area contributed by atoms with Crippen molar-refractivity contribution in [1.29, 1.82) is 0 Å². The van der Waals surface area contributed by atoms with E-state index in [-0.39, 0.29) is 12.5 Å². The number of carbonyl (C=O) groups excluding carboxylic acids is 1. The largest absolute Gasteiger partial charge is 0.482 e. The highest BCUT2D eigenvalue weighted by atomic mass is 32.1. The summed E-state index contributed by atoms with van der Waals surface area (Å²) in [5, 5.41) is 10.1. The Morgan fingerprint density at radius 1 is 1.03 bits per heavy atom. The molecule has 1 aliphatic carbocycles. The number of benzene rings is 2. The molecule has 6 nitrogen and oxygen atoms in total. The fourth-order valence-corrected chi connectivity index (χ4v) is 4.90. The molecular formula is C25H26N4O2S. The molecule has 2 aromatic carbocycles. The highest BCUT2D eigenvalue weighted by Gasteiger charge is 2.18. The maximum Gasteiger partial charge on any atom is 0.262 e. The van der Waals surface area contributed by atoms with Gasteiger partial charge in [-0.15, -0.1) is 11.3 Å². The van der Waals surface area contributed by atoms with Crippen molar-refractivity contribution in [3.05, 3.63) is 64.3 Å². The zero-order valence-electron chi connectivity index (χ0n) is 17.9. The first-order valence-corrected chi connectivity index (χ1v) is 12.0. The minimum atomic E-state index is -0.134. The van der Waals surface area contributed by atoms with Gasteiger partial charge in [0.1, 0.15) is 5.75 Å². The number of ether oxygens (including phenoxy) is 1. The number of anilines is 1. The lowest BCUT2D eigenvalue weighted by Gasteiger charge is -2.18. The molecule has 2 aliphatic rings. The van der Waals surface area contributed by atoms with Crippen LogP contribution in [0.25, 0.3) is 11.3 Å². The summed E-state index contributed by atoms with van der Waals surface area (Å²) in [6.45, 7) is 0.667. The first-order valence-electron chi connectivity index (χ1n) is 11.1. The number of fused-ring (bicyclic) bond motifs is 1. The van der Waals surface area contributed by atoms with Crippen molar-refractivity contribution in [2.75, 3.05) is 11.9 Å². The highest BCUT2D eigenvalue weighted by molar-refractivity contribution is 7.07. The van der Waals surface area contributed by atoms with Gasteiger partial charge in [-0.3, -0.25) is 9.79 Å². The molecular weight excluding hydrogens is 420 g/mol. The quantitative estimate of drug-likeness (QED) is 0.559. The van der Waals surface area contributed by atoms with Crippen LogP contribution in [0.15, 0.2) is 64.0 Å². The summed E-state index contributed by atoms with van der Waals surface area (Å²) in [6, 6.07) is 16.1. The van der Waals surface area contributed by atoms with E-state index in [1.165, 1.54) is 37.0 Å². The van der Waals surface area contributed by atoms with E-state index in [1.807, 2.05) is 41.1 Å². The molecule has 1 fully saturated rings. The summed E-state index contributed by atoms with van der Waals surface area (Å²) >= 11 is 1.59. The Hall–Kier alpha value is -3.19. The first kappa shape index (κ1) is 20.7. The van der Waals surface area contributed by atoms with E-state index in [9.17, 15) is 4.79 Å². The molecule has 7 heteroatoms. The molecule has 1 saturated carbocycles. The van der Waals surface area contributed by atoms with Crippen molar-refractivity contribution in [2.24, 2.45) is 10.1 Å². The van der Waals surface area contributed by atoms with Crippen LogP contribution in [0.2, 0.25) is 0 Å². The van der Waals surface area contributed by atoms with Gasteiger partial charge in [-0.25, -0.2) is 4.68 Å². The molecule has 1 aromatic heterocycles. The van der Waals surface area contributed by atoms with Crippen LogP contribution in [0.5, 0.6) is 5.75 Å². The molecule has 0 unspecified atom stereocenters. The number of hydrogen-bond donors (Lipinski definition) is 1. The normalized spacial score (nSPS) is 16.7. The zero-order valence-corrected chi connectivity index (χ0v) is 18.7. The van der Waals surface area contributed by atoms with Crippen LogP contribution in [0.1, 0.15) is 44.1 Å². The van der Waals surface area contributed by atoms with Crippen molar-refractivity contribution in [3.8, 4) is 17.0 Å². The van der Waals surface area contributed by atoms with Gasteiger partial charge in [0.15, 0.2) is 6.61 Å². The van der Waals surface area contributed by atoms with Crippen molar-refractivity contribution >= 4 is 28.6 Å². The second kappa shape index (κ2) is 9.53. The predicted molar refractivity (Wildman–Crippen MR) is 128 cm³/mol. The molecule has 1 N–H and O–H groups in total. The number of carbonyl (C=O) groups is 1. The Morgan fingerprint density at radius 3 is 2.66 bits per heavy atom. The number of aromatic nitrogens is 1. The summed E-state index contributed by atoms with van der Waals surface area (Å²) in [5.41, 5.74) is 5.05. The summed E-state index contributed by atoms with van der Waals surface area (Å²) in [4.78, 5) is 17.5. The fourth-order valence-electron chi connectivity index (χ4n) is 4.07. The van der Waals surface area contributed by atoms with E-state index >= 15 is 0 Å². The van der Waals surface area contributed by atoms with Crippen LogP contribution < -0.4 is 14.9 Å². The zero-order chi connectivity index (χ0) is 21.8. The Labute approximate surface area is 191 Å². The lowest BCUT2D eigenvalue weighted by molar-refractivity contribution is -0.118. The molecule has 32 heavy (non-hydrogen) atoms. The van der Waals surface area contributed by atoms with Gasteiger partial charge in [-0.2, -0.15) is 5.10 Å². The average molecular weight is 447 g/mol. The summed E-state index contributed by atoms with van der Waals surface area (Å²) in [7, 11) is 0. The minimum absolute atomic E-state index is 0.0565. The minimum Gasteiger partial charge on any atom is -0.482 e. The van der Waals surface area contributed by atoms with Crippen molar-refractivity contribution in [3.63, 3.8) is 0 Å². The van der Waals surface area contributed by atoms with Crippen molar-refractivity contribution in [2.45, 2.75) is 45.1 Å². The predicted octanol–water partition coefficient (Wildman–Crippen LogP) is 5.21. The highest BCUT2D eigenvalue weighted by Crippen LogP contribution is 2.33. The molecule has 1 amide bonds. The van der Waals surface area contributed by atoms with Crippen LogP contribution in [-0.4, -0.2) is 22.9 Å². The number of thiazole rings is 1. The monoisotopic (exact) mass is 446 g/mol. The van der Waals surface area contributed by atoms with E-state index < -0.39 is 0 Å². The van der Waals surface area contributed by atoms with Gasteiger partial charge in [-0.05, 0) is 49.4 Å². The number of nitrogens with zero attached hydrogens (tertiary/aromatic N) is 3.